The van der Waals surface area contributed by atoms with Crippen LogP contribution >= 0.6 is 0 Å². The number of hydrogen-bond acceptors (Lipinski definition) is 8. The SMILES string of the molecule is CCCc1ncc(C(=O)OCC)c(NCc2ccc(-c3ccccc3-c3nnn[nH]3)cc2)n1. The summed E-state index contributed by atoms with van der Waals surface area (Å²) in [5.41, 5.74) is 4.38. The molecule has 4 rings (SSSR count). The molecule has 9 heteroatoms. The summed E-state index contributed by atoms with van der Waals surface area (Å²) < 4.78 is 5.15. The van der Waals surface area contributed by atoms with Crippen molar-refractivity contribution in [2.45, 2.75) is 33.2 Å². The van der Waals surface area contributed by atoms with Gasteiger partial charge in [-0.2, -0.15) is 0 Å². The summed E-state index contributed by atoms with van der Waals surface area (Å²) in [6.07, 6.45) is 3.20. The van der Waals surface area contributed by atoms with E-state index in [1.807, 2.05) is 48.5 Å². The molecule has 168 valence electrons. The summed E-state index contributed by atoms with van der Waals surface area (Å²) >= 11 is 0. The summed E-state index contributed by atoms with van der Waals surface area (Å²) in [6, 6.07) is 16.1. The third-order valence-electron chi connectivity index (χ3n) is 5.06. The van der Waals surface area contributed by atoms with Crippen molar-refractivity contribution in [3.8, 4) is 22.5 Å². The standard InChI is InChI=1S/C24H25N7O2/c1-3-7-21-25-15-20(24(32)33-4-2)22(27-21)26-14-16-10-12-17(13-11-16)18-8-5-6-9-19(18)23-28-30-31-29-23/h5-6,8-13,15H,3-4,7,14H2,1-2H3,(H,25,26,27)(H,28,29,30,31). The van der Waals surface area contributed by atoms with Gasteiger partial charge in [0.25, 0.3) is 0 Å². The number of carbonyl (C=O) groups is 1. The van der Waals surface area contributed by atoms with Crippen LogP contribution in [-0.2, 0) is 17.7 Å². The Kier molecular flexibility index (Phi) is 6.99. The van der Waals surface area contributed by atoms with E-state index in [-0.39, 0.29) is 0 Å². The normalized spacial score (nSPS) is 10.7. The van der Waals surface area contributed by atoms with E-state index in [0.29, 0.717) is 36.2 Å². The van der Waals surface area contributed by atoms with E-state index in [9.17, 15) is 4.79 Å². The summed E-state index contributed by atoms with van der Waals surface area (Å²) in [6.45, 7) is 4.63. The molecule has 2 aromatic heterocycles. The van der Waals surface area contributed by atoms with Gasteiger partial charge in [0.2, 0.25) is 0 Å². The van der Waals surface area contributed by atoms with Crippen LogP contribution in [-0.4, -0.2) is 43.2 Å². The van der Waals surface area contributed by atoms with Crippen molar-refractivity contribution in [3.05, 3.63) is 71.7 Å². The largest absolute Gasteiger partial charge is 0.462 e. The van der Waals surface area contributed by atoms with Crippen LogP contribution in [0.2, 0.25) is 0 Å². The van der Waals surface area contributed by atoms with Crippen LogP contribution in [0.15, 0.2) is 54.7 Å². The number of nitrogens with one attached hydrogen (secondary N) is 2. The Labute approximate surface area is 191 Å². The Hall–Kier alpha value is -4.14. The highest BCUT2D eigenvalue weighted by atomic mass is 16.5. The number of esters is 1. The molecule has 0 atom stereocenters. The van der Waals surface area contributed by atoms with Crippen LogP contribution in [0.3, 0.4) is 0 Å². The molecule has 9 nitrogen and oxygen atoms in total. The highest BCUT2D eigenvalue weighted by Crippen LogP contribution is 2.29. The molecule has 0 unspecified atom stereocenters. The van der Waals surface area contributed by atoms with Crippen LogP contribution in [0.25, 0.3) is 22.5 Å². The highest BCUT2D eigenvalue weighted by Gasteiger charge is 2.16. The van der Waals surface area contributed by atoms with Crippen molar-refractivity contribution in [1.29, 1.82) is 0 Å². The average Bonchev–Trinajstić information content (AvgIpc) is 3.38. The lowest BCUT2D eigenvalue weighted by atomic mass is 9.98. The fourth-order valence-electron chi connectivity index (χ4n) is 3.46. The molecular formula is C24H25N7O2. The van der Waals surface area contributed by atoms with Gasteiger partial charge >= 0.3 is 5.97 Å². The van der Waals surface area contributed by atoms with E-state index in [4.69, 9.17) is 4.74 Å². The molecule has 0 amide bonds. The number of aromatic nitrogens is 6. The van der Waals surface area contributed by atoms with Crippen LogP contribution in [0.5, 0.6) is 0 Å². The van der Waals surface area contributed by atoms with Gasteiger partial charge in [-0.25, -0.2) is 19.9 Å². The minimum atomic E-state index is -0.433. The molecule has 4 aromatic rings. The Morgan fingerprint density at radius 3 is 2.55 bits per heavy atom. The second kappa shape index (κ2) is 10.4. The first kappa shape index (κ1) is 22.1. The van der Waals surface area contributed by atoms with Gasteiger partial charge in [0.1, 0.15) is 17.2 Å². The summed E-state index contributed by atoms with van der Waals surface area (Å²) in [4.78, 5) is 21.2. The van der Waals surface area contributed by atoms with Crippen molar-refractivity contribution in [2.75, 3.05) is 11.9 Å². The van der Waals surface area contributed by atoms with E-state index in [1.54, 1.807) is 6.92 Å². The van der Waals surface area contributed by atoms with E-state index >= 15 is 0 Å². The van der Waals surface area contributed by atoms with Gasteiger partial charge < -0.3 is 10.1 Å². The maximum Gasteiger partial charge on any atom is 0.343 e. The van der Waals surface area contributed by atoms with Crippen LogP contribution < -0.4 is 5.32 Å². The Morgan fingerprint density at radius 2 is 1.85 bits per heavy atom. The van der Waals surface area contributed by atoms with Crippen LogP contribution in [0.4, 0.5) is 5.82 Å². The predicted molar refractivity (Wildman–Crippen MR) is 124 cm³/mol. The van der Waals surface area contributed by atoms with Gasteiger partial charge in [-0.15, -0.1) is 5.10 Å². The molecule has 2 N–H and O–H groups in total. The molecule has 0 bridgehead atoms. The number of aryl methyl sites for hydroxylation is 1. The minimum Gasteiger partial charge on any atom is -0.462 e. The molecule has 0 saturated heterocycles. The second-order valence-corrected chi connectivity index (χ2v) is 7.36. The molecule has 0 aliphatic carbocycles. The van der Waals surface area contributed by atoms with Gasteiger partial charge in [0, 0.05) is 24.7 Å². The van der Waals surface area contributed by atoms with Gasteiger partial charge in [-0.3, -0.25) is 0 Å². The van der Waals surface area contributed by atoms with E-state index < -0.39 is 5.97 Å². The first-order valence-corrected chi connectivity index (χ1v) is 10.9. The number of benzene rings is 2. The Bertz CT molecular complexity index is 1210. The number of anilines is 1. The number of aromatic amines is 1. The number of ether oxygens (including phenoxy) is 1. The summed E-state index contributed by atoms with van der Waals surface area (Å²) in [5.74, 6) is 1.37. The lowest BCUT2D eigenvalue weighted by Gasteiger charge is -2.12. The van der Waals surface area contributed by atoms with Crippen molar-refractivity contribution in [1.82, 2.24) is 30.6 Å². The number of tetrazole rings is 1. The molecule has 0 spiro atoms. The van der Waals surface area contributed by atoms with E-state index in [0.717, 1.165) is 35.1 Å². The quantitative estimate of drug-likeness (QED) is 0.372. The number of rotatable bonds is 9. The second-order valence-electron chi connectivity index (χ2n) is 7.36. The lowest BCUT2D eigenvalue weighted by Crippen LogP contribution is -2.13. The molecular weight excluding hydrogens is 418 g/mol. The van der Waals surface area contributed by atoms with Crippen molar-refractivity contribution in [3.63, 3.8) is 0 Å². The van der Waals surface area contributed by atoms with Gasteiger partial charge in [-0.1, -0.05) is 55.5 Å². The molecule has 0 aliphatic rings. The van der Waals surface area contributed by atoms with Gasteiger partial charge in [-0.05, 0) is 40.5 Å². The Balaban J connectivity index is 1.53. The predicted octanol–water partition coefficient (Wildman–Crippen LogP) is 4.07. The zero-order chi connectivity index (χ0) is 23.0. The van der Waals surface area contributed by atoms with Gasteiger partial charge in [0.15, 0.2) is 5.82 Å². The maximum absolute atomic E-state index is 12.3. The van der Waals surface area contributed by atoms with E-state index in [1.165, 1.54) is 6.20 Å². The average molecular weight is 444 g/mol. The van der Waals surface area contributed by atoms with Crippen molar-refractivity contribution in [2.24, 2.45) is 0 Å². The minimum absolute atomic E-state index is 0.294. The zero-order valence-corrected chi connectivity index (χ0v) is 18.6. The first-order valence-electron chi connectivity index (χ1n) is 10.9. The third-order valence-corrected chi connectivity index (χ3v) is 5.06. The molecule has 33 heavy (non-hydrogen) atoms. The lowest BCUT2D eigenvalue weighted by molar-refractivity contribution is 0.0526. The molecule has 0 aliphatic heterocycles. The smallest absolute Gasteiger partial charge is 0.343 e. The van der Waals surface area contributed by atoms with E-state index in [2.05, 4.69) is 42.8 Å². The maximum atomic E-state index is 12.3. The van der Waals surface area contributed by atoms with Crippen LogP contribution in [0.1, 0.15) is 42.0 Å². The first-order chi connectivity index (χ1) is 16.2. The molecule has 2 heterocycles. The summed E-state index contributed by atoms with van der Waals surface area (Å²) in [7, 11) is 0. The number of nitrogens with zero attached hydrogens (tertiary/aromatic N) is 5. The Morgan fingerprint density at radius 1 is 1.06 bits per heavy atom. The summed E-state index contributed by atoms with van der Waals surface area (Å²) in [5, 5.41) is 17.5. The fraction of sp³-hybridized carbons (Fsp3) is 0.250. The monoisotopic (exact) mass is 443 g/mol. The molecule has 0 saturated carbocycles. The molecule has 0 radical (unpaired) electrons. The fourth-order valence-corrected chi connectivity index (χ4v) is 3.46. The number of carbonyl (C=O) groups excluding carboxylic acids is 1. The molecule has 0 fully saturated rings. The number of H-pyrrole nitrogens is 1. The van der Waals surface area contributed by atoms with Crippen molar-refractivity contribution >= 4 is 11.8 Å². The molecule has 2 aromatic carbocycles. The third kappa shape index (κ3) is 5.20. The number of hydrogen-bond donors (Lipinski definition) is 2. The van der Waals surface area contributed by atoms with Crippen molar-refractivity contribution < 1.29 is 9.53 Å². The topological polar surface area (TPSA) is 119 Å². The van der Waals surface area contributed by atoms with Crippen LogP contribution in [0, 0.1) is 0 Å². The highest BCUT2D eigenvalue weighted by molar-refractivity contribution is 5.94. The zero-order valence-electron chi connectivity index (χ0n) is 18.6. The van der Waals surface area contributed by atoms with Gasteiger partial charge in [0.05, 0.1) is 6.61 Å².